The van der Waals surface area contributed by atoms with Gasteiger partial charge < -0.3 is 25.2 Å². The average Bonchev–Trinajstić information content (AvgIpc) is 3.31. The number of pyridine rings is 1. The second-order valence-corrected chi connectivity index (χ2v) is 11.2. The molecule has 0 bridgehead atoms. The third kappa shape index (κ3) is 6.65. The number of aromatic nitrogens is 3. The highest BCUT2D eigenvalue weighted by Gasteiger charge is 2.27. The Balaban J connectivity index is 1.00. The van der Waals surface area contributed by atoms with E-state index in [4.69, 9.17) is 4.74 Å². The van der Waals surface area contributed by atoms with Gasteiger partial charge in [-0.05, 0) is 54.4 Å². The topological polar surface area (TPSA) is 125 Å². The molecule has 4 aromatic rings. The van der Waals surface area contributed by atoms with Crippen molar-refractivity contribution in [2.75, 3.05) is 49.5 Å². The van der Waals surface area contributed by atoms with E-state index in [1.807, 2.05) is 56.4 Å². The lowest BCUT2D eigenvalue weighted by Gasteiger charge is -2.34. The summed E-state index contributed by atoms with van der Waals surface area (Å²) < 4.78 is 7.14. The van der Waals surface area contributed by atoms with Crippen molar-refractivity contribution in [3.8, 4) is 0 Å². The molecule has 0 atom stereocenters. The highest BCUT2D eigenvalue weighted by atomic mass is 16.5. The summed E-state index contributed by atoms with van der Waals surface area (Å²) in [5, 5.41) is 10.8. The Hall–Kier alpha value is -5.23. The Labute approximate surface area is 261 Å². The van der Waals surface area contributed by atoms with E-state index in [2.05, 4.69) is 25.6 Å². The van der Waals surface area contributed by atoms with Crippen molar-refractivity contribution < 1.29 is 19.1 Å². The van der Waals surface area contributed by atoms with Gasteiger partial charge in [0, 0.05) is 69.8 Å². The van der Waals surface area contributed by atoms with Crippen LogP contribution < -0.4 is 15.5 Å². The van der Waals surface area contributed by atoms with E-state index in [-0.39, 0.29) is 24.5 Å². The van der Waals surface area contributed by atoms with E-state index in [1.54, 1.807) is 45.2 Å². The van der Waals surface area contributed by atoms with Crippen LogP contribution in [0, 0.1) is 6.92 Å². The van der Waals surface area contributed by atoms with E-state index in [0.717, 1.165) is 33.9 Å². The molecular weight excluding hydrogens is 572 g/mol. The normalized spacial score (nSPS) is 14.5. The predicted octanol–water partition coefficient (Wildman–Crippen LogP) is 3.71. The first kappa shape index (κ1) is 29.8. The van der Waals surface area contributed by atoms with Crippen molar-refractivity contribution in [1.29, 1.82) is 0 Å². The van der Waals surface area contributed by atoms with Crippen molar-refractivity contribution in [3.05, 3.63) is 101 Å². The van der Waals surface area contributed by atoms with Crippen LogP contribution in [0.4, 0.5) is 22.0 Å². The van der Waals surface area contributed by atoms with Gasteiger partial charge in [-0.2, -0.15) is 5.10 Å². The molecule has 45 heavy (non-hydrogen) atoms. The summed E-state index contributed by atoms with van der Waals surface area (Å²) in [6, 6.07) is 16.5. The van der Waals surface area contributed by atoms with Gasteiger partial charge in [-0.3, -0.25) is 19.4 Å². The minimum Gasteiger partial charge on any atom is -0.461 e. The maximum Gasteiger partial charge on any atom is 0.338 e. The maximum atomic E-state index is 13.8. The van der Waals surface area contributed by atoms with Gasteiger partial charge in [-0.1, -0.05) is 18.2 Å². The number of aryl methyl sites for hydroxylation is 2. The molecule has 1 fully saturated rings. The molecule has 232 valence electrons. The number of hydrogen-bond acceptors (Lipinski definition) is 8. The zero-order chi connectivity index (χ0) is 31.3. The number of ether oxygens (including phenoxy) is 1. The second kappa shape index (κ2) is 13.2. The molecule has 3 amide bonds. The van der Waals surface area contributed by atoms with E-state index in [0.29, 0.717) is 56.9 Å². The van der Waals surface area contributed by atoms with Crippen LogP contribution in [-0.4, -0.2) is 81.8 Å². The summed E-state index contributed by atoms with van der Waals surface area (Å²) in [4.78, 5) is 48.5. The van der Waals surface area contributed by atoms with Crippen LogP contribution in [0.15, 0.2) is 73.2 Å². The van der Waals surface area contributed by atoms with Gasteiger partial charge >= 0.3 is 12.0 Å². The number of amides is 3. The average molecular weight is 609 g/mol. The zero-order valence-electron chi connectivity index (χ0n) is 25.4. The number of hydrogen-bond donors (Lipinski definition) is 2. The molecule has 0 aliphatic carbocycles. The van der Waals surface area contributed by atoms with Gasteiger partial charge in [0.25, 0.3) is 5.91 Å². The number of anilines is 3. The molecule has 0 saturated carbocycles. The van der Waals surface area contributed by atoms with E-state index < -0.39 is 0 Å². The van der Waals surface area contributed by atoms with Crippen molar-refractivity contribution >= 4 is 35.1 Å². The fraction of sp³-hybridized carbons (Fsp3) is 0.303. The molecule has 1 saturated heterocycles. The largest absolute Gasteiger partial charge is 0.461 e. The summed E-state index contributed by atoms with van der Waals surface area (Å²) in [5.41, 5.74) is 5.51. The molecule has 2 aromatic carbocycles. The SMILES string of the molecule is Cc1cc(C(=O)N2Cc3cnn(C)c3Nc3ccccc32)ccc1CNC(=O)N1CCN(CCOC(=O)c2ccncc2)CC1. The number of nitrogens with one attached hydrogen (secondary N) is 2. The van der Waals surface area contributed by atoms with Crippen LogP contribution in [0.3, 0.4) is 0 Å². The summed E-state index contributed by atoms with van der Waals surface area (Å²) in [6.45, 7) is 6.18. The number of fused-ring (bicyclic) bond motifs is 2. The van der Waals surface area contributed by atoms with Gasteiger partial charge in [0.05, 0.1) is 29.7 Å². The Morgan fingerprint density at radius 3 is 2.53 bits per heavy atom. The number of carbonyl (C=O) groups is 3. The first-order chi connectivity index (χ1) is 21.9. The molecule has 12 heteroatoms. The minimum atomic E-state index is -0.365. The summed E-state index contributed by atoms with van der Waals surface area (Å²) in [7, 11) is 1.88. The zero-order valence-corrected chi connectivity index (χ0v) is 25.4. The van der Waals surface area contributed by atoms with Crippen LogP contribution in [0.1, 0.15) is 37.4 Å². The number of nitrogens with zero attached hydrogens (tertiary/aromatic N) is 6. The van der Waals surface area contributed by atoms with Crippen LogP contribution in [-0.2, 0) is 24.9 Å². The number of urea groups is 1. The molecule has 2 aliphatic heterocycles. The molecule has 2 N–H and O–H groups in total. The Kier molecular flexibility index (Phi) is 8.74. The number of esters is 1. The van der Waals surface area contributed by atoms with Gasteiger partial charge in [0.1, 0.15) is 12.4 Å². The first-order valence-electron chi connectivity index (χ1n) is 15.0. The molecule has 4 heterocycles. The van der Waals surface area contributed by atoms with E-state index >= 15 is 0 Å². The van der Waals surface area contributed by atoms with Gasteiger partial charge in [-0.25, -0.2) is 9.59 Å². The third-order valence-corrected chi connectivity index (χ3v) is 8.27. The number of piperazine rings is 1. The van der Waals surface area contributed by atoms with Crippen molar-refractivity contribution in [3.63, 3.8) is 0 Å². The predicted molar refractivity (Wildman–Crippen MR) is 169 cm³/mol. The Morgan fingerprint density at radius 1 is 0.978 bits per heavy atom. The summed E-state index contributed by atoms with van der Waals surface area (Å²) in [6.07, 6.45) is 4.91. The van der Waals surface area contributed by atoms with Gasteiger partial charge in [0.15, 0.2) is 0 Å². The third-order valence-electron chi connectivity index (χ3n) is 8.27. The Morgan fingerprint density at radius 2 is 1.76 bits per heavy atom. The maximum absolute atomic E-state index is 13.8. The van der Waals surface area contributed by atoms with Crippen molar-refractivity contribution in [2.45, 2.75) is 20.0 Å². The minimum absolute atomic E-state index is 0.107. The molecule has 12 nitrogen and oxygen atoms in total. The highest BCUT2D eigenvalue weighted by molar-refractivity contribution is 6.08. The smallest absolute Gasteiger partial charge is 0.338 e. The monoisotopic (exact) mass is 608 g/mol. The summed E-state index contributed by atoms with van der Waals surface area (Å²) >= 11 is 0. The number of benzene rings is 2. The number of carbonyl (C=O) groups excluding carboxylic acids is 3. The van der Waals surface area contributed by atoms with Crippen molar-refractivity contribution in [2.24, 2.45) is 7.05 Å². The molecular formula is C33H36N8O4. The molecule has 6 rings (SSSR count). The molecule has 0 spiro atoms. The lowest BCUT2D eigenvalue weighted by molar-refractivity contribution is 0.0436. The fourth-order valence-corrected chi connectivity index (χ4v) is 5.62. The first-order valence-corrected chi connectivity index (χ1v) is 15.0. The lowest BCUT2D eigenvalue weighted by Crippen LogP contribution is -2.52. The van der Waals surface area contributed by atoms with Crippen LogP contribution >= 0.6 is 0 Å². The van der Waals surface area contributed by atoms with Crippen LogP contribution in [0.5, 0.6) is 0 Å². The number of para-hydroxylation sites is 2. The molecule has 2 aromatic heterocycles. The molecule has 0 unspecified atom stereocenters. The van der Waals surface area contributed by atoms with Gasteiger partial charge in [-0.15, -0.1) is 0 Å². The standard InChI is InChI=1S/C33H36N8O4/c1-23-19-25(31(42)41-22-27-21-36-38(2)30(27)37-28-5-3-4-6-29(28)41)7-8-26(23)20-35-33(44)40-15-13-39(14-16-40)17-18-45-32(43)24-9-11-34-12-10-24/h3-12,19,21,37H,13-18,20,22H2,1-2H3,(H,35,44). The number of rotatable bonds is 7. The molecule has 0 radical (unpaired) electrons. The lowest BCUT2D eigenvalue weighted by atomic mass is 10.0. The highest BCUT2D eigenvalue weighted by Crippen LogP contribution is 2.36. The molecule has 2 aliphatic rings. The quantitative estimate of drug-likeness (QED) is 0.305. The van der Waals surface area contributed by atoms with Crippen LogP contribution in [0.25, 0.3) is 0 Å². The fourth-order valence-electron chi connectivity index (χ4n) is 5.62. The van der Waals surface area contributed by atoms with Crippen LogP contribution in [0.2, 0.25) is 0 Å². The van der Waals surface area contributed by atoms with Crippen molar-refractivity contribution in [1.82, 2.24) is 29.9 Å². The summed E-state index contributed by atoms with van der Waals surface area (Å²) in [5.74, 6) is 0.393. The Bertz CT molecular complexity index is 1700. The van der Waals surface area contributed by atoms with E-state index in [1.165, 1.54) is 0 Å². The van der Waals surface area contributed by atoms with Gasteiger partial charge in [0.2, 0.25) is 0 Å². The second-order valence-electron chi connectivity index (χ2n) is 11.2. The van der Waals surface area contributed by atoms with E-state index in [9.17, 15) is 14.4 Å².